The Kier molecular flexibility index (Phi) is 5.77. The minimum Gasteiger partial charge on any atom is -0.452 e. The SMILES string of the molecule is CN1CCc2nc3ccccc3c(C(=O)OCC(=O)N(C)Cc3ccccc3)c2C1. The highest BCUT2D eigenvalue weighted by Gasteiger charge is 2.26. The fourth-order valence-electron chi connectivity index (χ4n) is 3.81. The van der Waals surface area contributed by atoms with E-state index in [-0.39, 0.29) is 12.5 Å². The number of esters is 1. The Morgan fingerprint density at radius 3 is 2.63 bits per heavy atom. The minimum atomic E-state index is -0.471. The normalized spacial score (nSPS) is 13.7. The fourth-order valence-corrected chi connectivity index (χ4v) is 3.81. The molecule has 30 heavy (non-hydrogen) atoms. The molecule has 0 bridgehead atoms. The number of nitrogens with zero attached hydrogens (tertiary/aromatic N) is 3. The molecule has 1 aliphatic heterocycles. The Morgan fingerprint density at radius 2 is 1.83 bits per heavy atom. The van der Waals surface area contributed by atoms with E-state index < -0.39 is 5.97 Å². The second kappa shape index (κ2) is 8.63. The first kappa shape index (κ1) is 20.0. The summed E-state index contributed by atoms with van der Waals surface area (Å²) in [4.78, 5) is 34.1. The predicted octanol–water partition coefficient (Wildman–Crippen LogP) is 3.04. The number of hydrogen-bond acceptors (Lipinski definition) is 5. The number of ether oxygens (including phenoxy) is 1. The molecule has 0 saturated carbocycles. The van der Waals surface area contributed by atoms with E-state index in [4.69, 9.17) is 9.72 Å². The minimum absolute atomic E-state index is 0.239. The number of carbonyl (C=O) groups excluding carboxylic acids is 2. The largest absolute Gasteiger partial charge is 0.452 e. The molecule has 154 valence electrons. The van der Waals surface area contributed by atoms with Gasteiger partial charge in [-0.2, -0.15) is 0 Å². The Hall–Kier alpha value is -3.25. The molecule has 0 N–H and O–H groups in total. The molecule has 6 nitrogen and oxygen atoms in total. The summed E-state index contributed by atoms with van der Waals surface area (Å²) in [6.45, 7) is 1.72. The van der Waals surface area contributed by atoms with Gasteiger partial charge in [0.05, 0.1) is 11.1 Å². The molecule has 2 heterocycles. The van der Waals surface area contributed by atoms with E-state index in [1.54, 1.807) is 11.9 Å². The predicted molar refractivity (Wildman–Crippen MR) is 115 cm³/mol. The summed E-state index contributed by atoms with van der Waals surface area (Å²) in [5, 5.41) is 0.765. The van der Waals surface area contributed by atoms with Crippen LogP contribution in [0.5, 0.6) is 0 Å². The Morgan fingerprint density at radius 1 is 1.10 bits per heavy atom. The number of hydrogen-bond donors (Lipinski definition) is 0. The van der Waals surface area contributed by atoms with Gasteiger partial charge in [-0.25, -0.2) is 4.79 Å². The van der Waals surface area contributed by atoms with Crippen molar-refractivity contribution in [2.24, 2.45) is 0 Å². The van der Waals surface area contributed by atoms with Crippen LogP contribution in [0.1, 0.15) is 27.2 Å². The Bertz CT molecular complexity index is 1080. The van der Waals surface area contributed by atoms with Crippen molar-refractivity contribution in [1.82, 2.24) is 14.8 Å². The third kappa shape index (κ3) is 4.19. The monoisotopic (exact) mass is 403 g/mol. The highest BCUT2D eigenvalue weighted by Crippen LogP contribution is 2.28. The molecular formula is C24H25N3O3. The summed E-state index contributed by atoms with van der Waals surface area (Å²) >= 11 is 0. The van der Waals surface area contributed by atoms with E-state index in [1.807, 2.05) is 61.6 Å². The van der Waals surface area contributed by atoms with E-state index in [2.05, 4.69) is 4.90 Å². The van der Waals surface area contributed by atoms with Gasteiger partial charge < -0.3 is 14.5 Å². The van der Waals surface area contributed by atoms with Gasteiger partial charge in [-0.3, -0.25) is 9.78 Å². The van der Waals surface area contributed by atoms with E-state index in [1.165, 1.54) is 0 Å². The molecule has 0 atom stereocenters. The highest BCUT2D eigenvalue weighted by molar-refractivity contribution is 6.05. The first-order chi connectivity index (χ1) is 14.5. The van der Waals surface area contributed by atoms with Crippen molar-refractivity contribution in [3.63, 3.8) is 0 Å². The molecule has 0 radical (unpaired) electrons. The van der Waals surface area contributed by atoms with E-state index in [9.17, 15) is 9.59 Å². The van der Waals surface area contributed by atoms with Crippen LogP contribution < -0.4 is 0 Å². The van der Waals surface area contributed by atoms with Crippen molar-refractivity contribution in [2.75, 3.05) is 27.2 Å². The lowest BCUT2D eigenvalue weighted by Gasteiger charge is -2.26. The van der Waals surface area contributed by atoms with E-state index in [0.29, 0.717) is 18.7 Å². The molecule has 0 aliphatic carbocycles. The molecule has 1 aromatic heterocycles. The van der Waals surface area contributed by atoms with Gasteiger partial charge in [0.1, 0.15) is 0 Å². The summed E-state index contributed by atoms with van der Waals surface area (Å²) in [6.07, 6.45) is 0.787. The van der Waals surface area contributed by atoms with Crippen molar-refractivity contribution >= 4 is 22.8 Å². The van der Waals surface area contributed by atoms with Gasteiger partial charge in [0.15, 0.2) is 6.61 Å². The molecular weight excluding hydrogens is 378 g/mol. The van der Waals surface area contributed by atoms with Crippen LogP contribution in [0.15, 0.2) is 54.6 Å². The van der Waals surface area contributed by atoms with Crippen molar-refractivity contribution in [2.45, 2.75) is 19.5 Å². The molecule has 1 amide bonds. The van der Waals surface area contributed by atoms with Crippen LogP contribution in [0, 0.1) is 0 Å². The molecule has 2 aromatic carbocycles. The summed E-state index contributed by atoms with van der Waals surface area (Å²) < 4.78 is 5.48. The standard InChI is InChI=1S/C24H25N3O3/c1-26-13-12-21-19(15-26)23(18-10-6-7-11-20(18)25-21)24(29)30-16-22(28)27(2)14-17-8-4-3-5-9-17/h3-11H,12-16H2,1-2H3. The molecule has 6 heteroatoms. The molecule has 3 aromatic rings. The van der Waals surface area contributed by atoms with Crippen molar-refractivity contribution in [3.05, 3.63) is 77.0 Å². The molecule has 4 rings (SSSR count). The molecule has 0 spiro atoms. The zero-order valence-corrected chi connectivity index (χ0v) is 17.3. The van der Waals surface area contributed by atoms with Gasteiger partial charge in [0.25, 0.3) is 5.91 Å². The number of rotatable bonds is 5. The summed E-state index contributed by atoms with van der Waals surface area (Å²) in [7, 11) is 3.73. The first-order valence-corrected chi connectivity index (χ1v) is 10.1. The molecule has 0 fully saturated rings. The summed E-state index contributed by atoms with van der Waals surface area (Å²) in [5.41, 5.74) is 4.17. The van der Waals surface area contributed by atoms with Gasteiger partial charge in [-0.15, -0.1) is 0 Å². The zero-order valence-electron chi connectivity index (χ0n) is 17.3. The van der Waals surface area contributed by atoms with Gasteiger partial charge in [0.2, 0.25) is 0 Å². The second-order valence-electron chi connectivity index (χ2n) is 7.73. The molecule has 0 unspecified atom stereocenters. The zero-order chi connectivity index (χ0) is 21.1. The van der Waals surface area contributed by atoms with Gasteiger partial charge >= 0.3 is 5.97 Å². The number of carbonyl (C=O) groups is 2. The second-order valence-corrected chi connectivity index (χ2v) is 7.73. The fraction of sp³-hybridized carbons (Fsp3) is 0.292. The summed E-state index contributed by atoms with van der Waals surface area (Å²) in [6, 6.07) is 17.3. The number of amides is 1. The van der Waals surface area contributed by atoms with Crippen LogP contribution in [0.3, 0.4) is 0 Å². The maximum Gasteiger partial charge on any atom is 0.339 e. The number of pyridine rings is 1. The summed E-state index contributed by atoms with van der Waals surface area (Å²) in [5.74, 6) is -0.710. The third-order valence-corrected chi connectivity index (χ3v) is 5.46. The number of fused-ring (bicyclic) bond motifs is 2. The van der Waals surface area contributed by atoms with Crippen LogP contribution >= 0.6 is 0 Å². The Labute approximate surface area is 176 Å². The highest BCUT2D eigenvalue weighted by atomic mass is 16.5. The topological polar surface area (TPSA) is 62.7 Å². The quantitative estimate of drug-likeness (QED) is 0.613. The lowest BCUT2D eigenvalue weighted by atomic mass is 9.96. The van der Waals surface area contributed by atoms with Gasteiger partial charge in [-0.1, -0.05) is 48.5 Å². The smallest absolute Gasteiger partial charge is 0.339 e. The van der Waals surface area contributed by atoms with Crippen molar-refractivity contribution in [3.8, 4) is 0 Å². The van der Waals surface area contributed by atoms with Crippen LogP contribution in [0.4, 0.5) is 0 Å². The lowest BCUT2D eigenvalue weighted by Crippen LogP contribution is -2.32. The average molecular weight is 403 g/mol. The number of para-hydroxylation sites is 1. The van der Waals surface area contributed by atoms with Crippen LogP contribution in [-0.4, -0.2) is 53.9 Å². The van der Waals surface area contributed by atoms with Crippen LogP contribution in [0.25, 0.3) is 10.9 Å². The van der Waals surface area contributed by atoms with Crippen molar-refractivity contribution in [1.29, 1.82) is 0 Å². The number of benzene rings is 2. The molecule has 1 aliphatic rings. The lowest BCUT2D eigenvalue weighted by molar-refractivity contribution is -0.133. The Balaban J connectivity index is 1.53. The first-order valence-electron chi connectivity index (χ1n) is 10.1. The van der Waals surface area contributed by atoms with Crippen molar-refractivity contribution < 1.29 is 14.3 Å². The average Bonchev–Trinajstić information content (AvgIpc) is 2.76. The van der Waals surface area contributed by atoms with Gasteiger partial charge in [-0.05, 0) is 18.7 Å². The van der Waals surface area contributed by atoms with E-state index in [0.717, 1.165) is 40.7 Å². The van der Waals surface area contributed by atoms with E-state index >= 15 is 0 Å². The molecule has 0 saturated heterocycles. The van der Waals surface area contributed by atoms with Crippen LogP contribution in [0.2, 0.25) is 0 Å². The number of aromatic nitrogens is 1. The maximum atomic E-state index is 13.1. The van der Waals surface area contributed by atoms with Gasteiger partial charge in [0, 0.05) is 49.7 Å². The number of likely N-dealkylation sites (N-methyl/N-ethyl adjacent to an activating group) is 2. The maximum absolute atomic E-state index is 13.1. The van der Waals surface area contributed by atoms with Crippen LogP contribution in [-0.2, 0) is 29.0 Å². The third-order valence-electron chi connectivity index (χ3n) is 5.46.